The monoisotopic (exact) mass is 536 g/mol. The molecule has 0 saturated carbocycles. The zero-order chi connectivity index (χ0) is 26.8. The number of benzene rings is 4. The van der Waals surface area contributed by atoms with Gasteiger partial charge in [0.1, 0.15) is 5.75 Å². The molecule has 0 aliphatic carbocycles. The van der Waals surface area contributed by atoms with Crippen molar-refractivity contribution in [3.63, 3.8) is 0 Å². The standard InChI is InChI=1S/C21H15Cl2NO2.C7H8O.CH3NO/c22-14-5-10-18(19(23)12-14)20-11-13-3-1-2-4-17(13)21(26)24(20)15-6-8-16(25)9-7-15;8-6-7-4-2-1-3-5-7;2-1-3/h1-10,12,20,25H,11H2;1-5,8H,6H2;1H,(H2,2,3). The van der Waals surface area contributed by atoms with Crippen molar-refractivity contribution >= 4 is 41.2 Å². The average molecular weight is 537 g/mol. The SMILES string of the molecule is NC=O.O=C1c2ccccc2CC(c2ccc(Cl)cc2Cl)N1c1ccc(O)cc1.OCc1ccccc1. The molecule has 190 valence electrons. The van der Waals surface area contributed by atoms with Gasteiger partial charge in [0.05, 0.1) is 12.6 Å². The lowest BCUT2D eigenvalue weighted by Gasteiger charge is -2.37. The Morgan fingerprint density at radius 1 is 0.919 bits per heavy atom. The Morgan fingerprint density at radius 2 is 1.54 bits per heavy atom. The van der Waals surface area contributed by atoms with Gasteiger partial charge in [-0.1, -0.05) is 77.8 Å². The number of primary amides is 1. The molecule has 4 aromatic rings. The molecule has 0 radical (unpaired) electrons. The largest absolute Gasteiger partial charge is 0.508 e. The quantitative estimate of drug-likeness (QED) is 0.282. The molecule has 4 N–H and O–H groups in total. The summed E-state index contributed by atoms with van der Waals surface area (Å²) in [5.74, 6) is 0.0632. The molecule has 0 bridgehead atoms. The zero-order valence-electron chi connectivity index (χ0n) is 19.8. The maximum atomic E-state index is 13.3. The molecule has 1 atom stereocenters. The van der Waals surface area contributed by atoms with Crippen LogP contribution in [0.1, 0.15) is 33.1 Å². The highest BCUT2D eigenvalue weighted by Crippen LogP contribution is 2.40. The first kappa shape index (κ1) is 27.7. The van der Waals surface area contributed by atoms with Crippen LogP contribution in [-0.4, -0.2) is 22.5 Å². The third-order valence-electron chi connectivity index (χ3n) is 5.67. The summed E-state index contributed by atoms with van der Waals surface area (Å²) in [6.45, 7) is 0.140. The van der Waals surface area contributed by atoms with Crippen molar-refractivity contribution in [1.82, 2.24) is 0 Å². The van der Waals surface area contributed by atoms with Gasteiger partial charge in [0.15, 0.2) is 0 Å². The van der Waals surface area contributed by atoms with E-state index >= 15 is 0 Å². The molecule has 2 amide bonds. The van der Waals surface area contributed by atoms with Crippen molar-refractivity contribution in [3.8, 4) is 5.75 Å². The van der Waals surface area contributed by atoms with E-state index in [2.05, 4.69) is 5.73 Å². The molecular formula is C29H26Cl2N2O4. The minimum absolute atomic E-state index is 0.0893. The summed E-state index contributed by atoms with van der Waals surface area (Å²) in [6.07, 6.45) is 0.893. The topological polar surface area (TPSA) is 104 Å². The van der Waals surface area contributed by atoms with E-state index in [1.807, 2.05) is 60.7 Å². The van der Waals surface area contributed by atoms with Crippen molar-refractivity contribution in [1.29, 1.82) is 0 Å². The number of phenols is 1. The Kier molecular flexibility index (Phi) is 10.1. The second-order valence-electron chi connectivity index (χ2n) is 8.01. The molecule has 6 nitrogen and oxygen atoms in total. The summed E-state index contributed by atoms with van der Waals surface area (Å²) in [4.78, 5) is 23.6. The fraction of sp³-hybridized carbons (Fsp3) is 0.103. The Bertz CT molecular complexity index is 1330. The second kappa shape index (κ2) is 13.5. The van der Waals surface area contributed by atoms with Gasteiger partial charge in [0, 0.05) is 21.3 Å². The van der Waals surface area contributed by atoms with E-state index in [1.165, 1.54) is 0 Å². The first-order valence-corrected chi connectivity index (χ1v) is 12.1. The maximum Gasteiger partial charge on any atom is 0.259 e. The van der Waals surface area contributed by atoms with Crippen LogP contribution in [0.25, 0.3) is 0 Å². The summed E-state index contributed by atoms with van der Waals surface area (Å²) < 4.78 is 0. The average Bonchev–Trinajstić information content (AvgIpc) is 2.91. The maximum absolute atomic E-state index is 13.3. The summed E-state index contributed by atoms with van der Waals surface area (Å²) >= 11 is 12.5. The van der Waals surface area contributed by atoms with Crippen LogP contribution < -0.4 is 10.6 Å². The molecular weight excluding hydrogens is 511 g/mol. The Labute approximate surface area is 225 Å². The van der Waals surface area contributed by atoms with Crippen LogP contribution in [0.2, 0.25) is 10.0 Å². The third kappa shape index (κ3) is 7.11. The van der Waals surface area contributed by atoms with Crippen LogP contribution in [0.5, 0.6) is 5.75 Å². The van der Waals surface area contributed by atoms with Crippen LogP contribution >= 0.6 is 23.2 Å². The van der Waals surface area contributed by atoms with Gasteiger partial charge in [-0.2, -0.15) is 0 Å². The predicted molar refractivity (Wildman–Crippen MR) is 147 cm³/mol. The number of nitrogens with zero attached hydrogens (tertiary/aromatic N) is 1. The van der Waals surface area contributed by atoms with Gasteiger partial charge in [-0.3, -0.25) is 9.59 Å². The van der Waals surface area contributed by atoms with Crippen LogP contribution in [-0.2, 0) is 17.8 Å². The smallest absolute Gasteiger partial charge is 0.259 e. The number of aromatic hydroxyl groups is 1. The van der Waals surface area contributed by atoms with Crippen molar-refractivity contribution in [2.45, 2.75) is 19.1 Å². The molecule has 5 rings (SSSR count). The summed E-state index contributed by atoms with van der Waals surface area (Å²) in [6, 6.07) is 28.8. The zero-order valence-corrected chi connectivity index (χ0v) is 21.3. The summed E-state index contributed by atoms with van der Waals surface area (Å²) in [7, 11) is 0. The summed E-state index contributed by atoms with van der Waals surface area (Å²) in [5.41, 5.74) is 8.35. The minimum Gasteiger partial charge on any atom is -0.508 e. The fourth-order valence-corrected chi connectivity index (χ4v) is 4.53. The van der Waals surface area contributed by atoms with E-state index in [4.69, 9.17) is 33.1 Å². The molecule has 8 heteroatoms. The fourth-order valence-electron chi connectivity index (χ4n) is 3.99. The highest BCUT2D eigenvalue weighted by molar-refractivity contribution is 6.35. The van der Waals surface area contributed by atoms with E-state index in [0.29, 0.717) is 27.7 Å². The van der Waals surface area contributed by atoms with E-state index in [9.17, 15) is 9.90 Å². The Morgan fingerprint density at radius 3 is 2.14 bits per heavy atom. The van der Waals surface area contributed by atoms with E-state index in [0.717, 1.165) is 16.7 Å². The van der Waals surface area contributed by atoms with Gasteiger partial charge in [-0.05, 0) is 65.6 Å². The molecule has 4 aromatic carbocycles. The van der Waals surface area contributed by atoms with Crippen LogP contribution in [0.15, 0.2) is 97.1 Å². The number of halogens is 2. The highest BCUT2D eigenvalue weighted by Gasteiger charge is 2.35. The number of nitrogens with two attached hydrogens (primary N) is 1. The lowest BCUT2D eigenvalue weighted by atomic mass is 9.89. The number of phenolic OH excluding ortho intramolecular Hbond substituents is 1. The third-order valence-corrected chi connectivity index (χ3v) is 6.23. The van der Waals surface area contributed by atoms with E-state index < -0.39 is 0 Å². The number of rotatable bonds is 3. The van der Waals surface area contributed by atoms with Gasteiger partial charge in [-0.15, -0.1) is 0 Å². The normalized spacial score (nSPS) is 13.9. The number of fused-ring (bicyclic) bond motifs is 1. The van der Waals surface area contributed by atoms with Crippen LogP contribution in [0, 0.1) is 0 Å². The minimum atomic E-state index is -0.258. The van der Waals surface area contributed by atoms with E-state index in [-0.39, 0.29) is 30.7 Å². The highest BCUT2D eigenvalue weighted by atomic mass is 35.5. The molecule has 0 saturated heterocycles. The number of carbonyl (C=O) groups excluding carboxylic acids is 2. The Hall–Kier alpha value is -3.84. The van der Waals surface area contributed by atoms with Crippen molar-refractivity contribution < 1.29 is 19.8 Å². The second-order valence-corrected chi connectivity index (χ2v) is 8.86. The van der Waals surface area contributed by atoms with E-state index in [1.54, 1.807) is 41.3 Å². The Balaban J connectivity index is 0.000000290. The molecule has 0 aromatic heterocycles. The van der Waals surface area contributed by atoms with Gasteiger partial charge in [-0.25, -0.2) is 0 Å². The van der Waals surface area contributed by atoms with Crippen molar-refractivity contribution in [2.75, 3.05) is 4.90 Å². The van der Waals surface area contributed by atoms with Crippen molar-refractivity contribution in [3.05, 3.63) is 129 Å². The van der Waals surface area contributed by atoms with Crippen LogP contribution in [0.4, 0.5) is 5.69 Å². The van der Waals surface area contributed by atoms with Gasteiger partial charge in [0.2, 0.25) is 6.41 Å². The molecule has 0 spiro atoms. The number of hydrogen-bond acceptors (Lipinski definition) is 4. The number of amides is 2. The first-order valence-electron chi connectivity index (χ1n) is 11.3. The molecule has 0 fully saturated rings. The molecule has 1 heterocycles. The van der Waals surface area contributed by atoms with Crippen LogP contribution in [0.3, 0.4) is 0 Å². The lowest BCUT2D eigenvalue weighted by molar-refractivity contribution is -0.106. The number of aliphatic hydroxyl groups excluding tert-OH is 1. The number of anilines is 1. The van der Waals surface area contributed by atoms with Gasteiger partial charge >= 0.3 is 0 Å². The van der Waals surface area contributed by atoms with Gasteiger partial charge in [0.25, 0.3) is 5.91 Å². The number of carbonyl (C=O) groups is 2. The number of hydrogen-bond donors (Lipinski definition) is 3. The number of aliphatic hydroxyl groups is 1. The molecule has 1 unspecified atom stereocenters. The van der Waals surface area contributed by atoms with Crippen molar-refractivity contribution in [2.24, 2.45) is 5.73 Å². The predicted octanol–water partition coefficient (Wildman–Crippen LogP) is 5.92. The van der Waals surface area contributed by atoms with Gasteiger partial charge < -0.3 is 20.8 Å². The summed E-state index contributed by atoms with van der Waals surface area (Å²) in [5, 5.41) is 19.2. The molecule has 1 aliphatic rings. The molecule has 37 heavy (non-hydrogen) atoms. The lowest BCUT2D eigenvalue weighted by Crippen LogP contribution is -2.40. The first-order chi connectivity index (χ1) is 17.9. The molecule has 1 aliphatic heterocycles.